The van der Waals surface area contributed by atoms with Gasteiger partial charge < -0.3 is 4.42 Å². The van der Waals surface area contributed by atoms with Gasteiger partial charge in [0, 0.05) is 11.3 Å². The highest BCUT2D eigenvalue weighted by atomic mass is 32.2. The van der Waals surface area contributed by atoms with Crippen LogP contribution in [-0.4, -0.2) is 19.3 Å². The maximum atomic E-state index is 13.7. The van der Waals surface area contributed by atoms with Gasteiger partial charge in [-0.1, -0.05) is 48.1 Å². The normalized spacial score (nSPS) is 11.5. The Hall–Kier alpha value is -3.95. The lowest BCUT2D eigenvalue weighted by Gasteiger charge is -2.19. The number of hydrogen-bond donors (Lipinski definition) is 1. The third kappa shape index (κ3) is 5.28. The topological polar surface area (TPSA) is 92.5 Å². The van der Waals surface area contributed by atoms with Crippen LogP contribution in [0.25, 0.3) is 10.2 Å². The number of anilines is 2. The van der Waals surface area contributed by atoms with Crippen molar-refractivity contribution in [2.45, 2.75) is 31.7 Å². The van der Waals surface area contributed by atoms with Crippen LogP contribution in [0.3, 0.4) is 0 Å². The van der Waals surface area contributed by atoms with Crippen LogP contribution in [0.2, 0.25) is 0 Å². The molecule has 37 heavy (non-hydrogen) atoms. The third-order valence-corrected chi connectivity index (χ3v) is 8.40. The largest absolute Gasteiger partial charge is 0.467 e. The number of benzene rings is 3. The summed E-state index contributed by atoms with van der Waals surface area (Å²) in [4.78, 5) is 20.2. The van der Waals surface area contributed by atoms with Crippen molar-refractivity contribution in [3.8, 4) is 0 Å². The van der Waals surface area contributed by atoms with Gasteiger partial charge in [0.2, 0.25) is 0 Å². The van der Waals surface area contributed by atoms with E-state index in [0.717, 1.165) is 27.8 Å². The van der Waals surface area contributed by atoms with E-state index in [1.807, 2.05) is 31.2 Å². The quantitative estimate of drug-likeness (QED) is 0.250. The van der Waals surface area contributed by atoms with E-state index < -0.39 is 10.0 Å². The standard InChI is InChI=1S/C28H25N3O4S2/c1-3-20-6-4-8-25-26(20)29-28(36-25)31(18-23-7-5-17-35-23)27(32)21-11-13-22(14-12-21)30-37(33,34)24-15-9-19(2)10-16-24/h4-17,30H,3,18H2,1-2H3. The highest BCUT2D eigenvalue weighted by molar-refractivity contribution is 7.92. The Labute approximate surface area is 219 Å². The van der Waals surface area contributed by atoms with E-state index in [4.69, 9.17) is 9.40 Å². The van der Waals surface area contributed by atoms with Gasteiger partial charge in [0.15, 0.2) is 5.13 Å². The van der Waals surface area contributed by atoms with E-state index in [9.17, 15) is 13.2 Å². The third-order valence-electron chi connectivity index (χ3n) is 5.96. The monoisotopic (exact) mass is 531 g/mol. The molecule has 0 spiro atoms. The number of nitrogens with zero attached hydrogens (tertiary/aromatic N) is 2. The zero-order chi connectivity index (χ0) is 26.0. The first-order chi connectivity index (χ1) is 17.8. The Morgan fingerprint density at radius 1 is 1.00 bits per heavy atom. The van der Waals surface area contributed by atoms with Gasteiger partial charge in [-0.15, -0.1) is 0 Å². The van der Waals surface area contributed by atoms with Crippen molar-refractivity contribution < 1.29 is 17.6 Å². The zero-order valence-corrected chi connectivity index (χ0v) is 22.0. The van der Waals surface area contributed by atoms with E-state index in [1.54, 1.807) is 65.8 Å². The second-order valence-corrected chi connectivity index (χ2v) is 11.3. The summed E-state index contributed by atoms with van der Waals surface area (Å²) in [7, 11) is -3.74. The number of aromatic nitrogens is 1. The van der Waals surface area contributed by atoms with Crippen LogP contribution < -0.4 is 9.62 Å². The van der Waals surface area contributed by atoms with Crippen LogP contribution >= 0.6 is 11.3 Å². The molecule has 5 aromatic rings. The Morgan fingerprint density at radius 3 is 2.43 bits per heavy atom. The predicted molar refractivity (Wildman–Crippen MR) is 147 cm³/mol. The molecule has 0 aliphatic heterocycles. The molecule has 2 heterocycles. The number of carbonyl (C=O) groups excluding carboxylic acids is 1. The van der Waals surface area contributed by atoms with E-state index in [0.29, 0.717) is 22.1 Å². The number of nitrogens with one attached hydrogen (secondary N) is 1. The van der Waals surface area contributed by atoms with Gasteiger partial charge in [-0.05, 0) is 73.5 Å². The lowest BCUT2D eigenvalue weighted by Crippen LogP contribution is -2.30. The van der Waals surface area contributed by atoms with Crippen molar-refractivity contribution in [1.82, 2.24) is 4.98 Å². The van der Waals surface area contributed by atoms with Crippen LogP contribution in [-0.2, 0) is 23.0 Å². The molecule has 1 N–H and O–H groups in total. The molecule has 0 saturated heterocycles. The number of sulfonamides is 1. The summed E-state index contributed by atoms with van der Waals surface area (Å²) in [6, 6.07) is 22.6. The molecule has 0 saturated carbocycles. The lowest BCUT2D eigenvalue weighted by molar-refractivity contribution is 0.0983. The number of amides is 1. The second kappa shape index (κ2) is 10.2. The molecule has 3 aromatic carbocycles. The van der Waals surface area contributed by atoms with Crippen molar-refractivity contribution in [3.63, 3.8) is 0 Å². The van der Waals surface area contributed by atoms with E-state index in [1.165, 1.54) is 11.3 Å². The van der Waals surface area contributed by atoms with Gasteiger partial charge >= 0.3 is 0 Å². The fourth-order valence-corrected chi connectivity index (χ4v) is 6.02. The summed E-state index contributed by atoms with van der Waals surface area (Å²) in [5.41, 5.74) is 3.75. The molecule has 0 radical (unpaired) electrons. The molecule has 7 nitrogen and oxygen atoms in total. The average Bonchev–Trinajstić information content (AvgIpc) is 3.57. The van der Waals surface area contributed by atoms with Gasteiger partial charge in [0.1, 0.15) is 5.76 Å². The van der Waals surface area contributed by atoms with Gasteiger partial charge in [0.25, 0.3) is 15.9 Å². The molecule has 0 bridgehead atoms. The smallest absolute Gasteiger partial charge is 0.261 e. The fourth-order valence-electron chi connectivity index (χ4n) is 3.95. The second-order valence-electron chi connectivity index (χ2n) is 8.58. The highest BCUT2D eigenvalue weighted by Crippen LogP contribution is 2.33. The zero-order valence-electron chi connectivity index (χ0n) is 20.3. The highest BCUT2D eigenvalue weighted by Gasteiger charge is 2.24. The van der Waals surface area contributed by atoms with Crippen molar-refractivity contribution in [2.75, 3.05) is 9.62 Å². The van der Waals surface area contributed by atoms with Crippen LogP contribution in [0.4, 0.5) is 10.8 Å². The van der Waals surface area contributed by atoms with Crippen molar-refractivity contribution in [1.29, 1.82) is 0 Å². The summed E-state index contributed by atoms with van der Waals surface area (Å²) < 4.78 is 34.6. The van der Waals surface area contributed by atoms with E-state index >= 15 is 0 Å². The number of aryl methyl sites for hydroxylation is 2. The first-order valence-corrected chi connectivity index (χ1v) is 14.1. The van der Waals surface area contributed by atoms with E-state index in [-0.39, 0.29) is 17.3 Å². The van der Waals surface area contributed by atoms with Crippen LogP contribution in [0.5, 0.6) is 0 Å². The lowest BCUT2D eigenvalue weighted by atomic mass is 10.1. The Balaban J connectivity index is 1.43. The molecule has 1 amide bonds. The summed E-state index contributed by atoms with van der Waals surface area (Å²) >= 11 is 1.45. The van der Waals surface area contributed by atoms with Gasteiger partial charge in [-0.25, -0.2) is 13.4 Å². The van der Waals surface area contributed by atoms with Crippen molar-refractivity contribution in [3.05, 3.63) is 108 Å². The Bertz CT molecular complexity index is 1640. The minimum Gasteiger partial charge on any atom is -0.467 e. The van der Waals surface area contributed by atoms with Crippen LogP contribution in [0, 0.1) is 6.92 Å². The summed E-state index contributed by atoms with van der Waals surface area (Å²) in [6.07, 6.45) is 2.41. The average molecular weight is 532 g/mol. The molecule has 9 heteroatoms. The number of furan rings is 1. The van der Waals surface area contributed by atoms with Gasteiger partial charge in [-0.3, -0.25) is 14.4 Å². The molecular weight excluding hydrogens is 506 g/mol. The maximum Gasteiger partial charge on any atom is 0.261 e. The molecule has 0 atom stereocenters. The Kier molecular flexibility index (Phi) is 6.82. The number of fused-ring (bicyclic) bond motifs is 1. The number of thiazole rings is 1. The first-order valence-electron chi connectivity index (χ1n) is 11.8. The molecule has 5 rings (SSSR count). The SMILES string of the molecule is CCc1cccc2sc(N(Cc3ccco3)C(=O)c3ccc(NS(=O)(=O)c4ccc(C)cc4)cc3)nc12. The fraction of sp³-hybridized carbons (Fsp3) is 0.143. The number of hydrogen-bond acceptors (Lipinski definition) is 6. The molecule has 0 aliphatic carbocycles. The summed E-state index contributed by atoms with van der Waals surface area (Å²) in [6.45, 7) is 4.19. The number of carbonyl (C=O) groups is 1. The minimum atomic E-state index is -3.74. The molecule has 2 aromatic heterocycles. The molecular formula is C28H25N3O4S2. The first kappa shape index (κ1) is 24.7. The number of para-hydroxylation sites is 1. The molecule has 0 aliphatic rings. The summed E-state index contributed by atoms with van der Waals surface area (Å²) in [5, 5.41) is 0.571. The number of rotatable bonds is 8. The molecule has 188 valence electrons. The Morgan fingerprint density at radius 2 is 1.76 bits per heavy atom. The van der Waals surface area contributed by atoms with Gasteiger partial charge in [0.05, 0.1) is 27.9 Å². The van der Waals surface area contributed by atoms with E-state index in [2.05, 4.69) is 11.6 Å². The van der Waals surface area contributed by atoms with Crippen molar-refractivity contribution in [2.24, 2.45) is 0 Å². The predicted octanol–water partition coefficient (Wildman–Crippen LogP) is 6.41. The van der Waals surface area contributed by atoms with Crippen LogP contribution in [0.15, 0.2) is 94.4 Å². The molecule has 0 unspecified atom stereocenters. The minimum absolute atomic E-state index is 0.171. The molecule has 0 fully saturated rings. The maximum absolute atomic E-state index is 13.7. The van der Waals surface area contributed by atoms with Crippen molar-refractivity contribution >= 4 is 48.3 Å². The summed E-state index contributed by atoms with van der Waals surface area (Å²) in [5.74, 6) is 0.368. The van der Waals surface area contributed by atoms with Gasteiger partial charge in [-0.2, -0.15) is 0 Å². The van der Waals surface area contributed by atoms with Crippen LogP contribution in [0.1, 0.15) is 34.2 Å².